The lowest BCUT2D eigenvalue weighted by atomic mass is 10.1. The zero-order chi connectivity index (χ0) is 28.6. The second-order valence-electron chi connectivity index (χ2n) is 10.9. The topological polar surface area (TPSA) is 109 Å². The van der Waals surface area contributed by atoms with Crippen molar-refractivity contribution < 1.29 is 14.6 Å². The fourth-order valence-electron chi connectivity index (χ4n) is 5.02. The van der Waals surface area contributed by atoms with E-state index >= 15 is 0 Å². The first kappa shape index (κ1) is 26.4. The quantitative estimate of drug-likeness (QED) is 0.301. The smallest absolute Gasteiger partial charge is 0.413 e. The number of pyridine rings is 2. The van der Waals surface area contributed by atoms with Crippen LogP contribution in [0.2, 0.25) is 0 Å². The van der Waals surface area contributed by atoms with Gasteiger partial charge in [-0.1, -0.05) is 24.3 Å². The molecule has 1 N–H and O–H groups in total. The van der Waals surface area contributed by atoms with Crippen molar-refractivity contribution in [3.05, 3.63) is 78.5 Å². The lowest BCUT2D eigenvalue weighted by molar-refractivity contribution is 0.122. The Morgan fingerprint density at radius 1 is 0.951 bits per heavy atom. The van der Waals surface area contributed by atoms with Crippen molar-refractivity contribution in [2.45, 2.75) is 26.3 Å². The molecule has 0 unspecified atom stereocenters. The number of amides is 1. The summed E-state index contributed by atoms with van der Waals surface area (Å²) in [5.41, 5.74) is 4.22. The monoisotopic (exact) mass is 549 g/mol. The van der Waals surface area contributed by atoms with Gasteiger partial charge in [0.1, 0.15) is 5.82 Å². The minimum Gasteiger partial charge on any atom is -0.465 e. The van der Waals surface area contributed by atoms with Gasteiger partial charge in [0.05, 0.1) is 42.0 Å². The van der Waals surface area contributed by atoms with Crippen LogP contribution in [0.5, 0.6) is 0 Å². The molecule has 0 radical (unpaired) electrons. The number of carbonyl (C=O) groups is 1. The molecule has 1 aliphatic heterocycles. The summed E-state index contributed by atoms with van der Waals surface area (Å²) in [6.45, 7) is 8.24. The lowest BCUT2D eigenvalue weighted by Gasteiger charge is -2.32. The first-order valence-electron chi connectivity index (χ1n) is 13.5. The van der Waals surface area contributed by atoms with E-state index < -0.39 is 11.6 Å². The average molecular weight is 550 g/mol. The molecule has 5 heterocycles. The summed E-state index contributed by atoms with van der Waals surface area (Å²) >= 11 is 0. The third-order valence-corrected chi connectivity index (χ3v) is 6.98. The number of morpholine rings is 1. The Hall–Kier alpha value is -4.83. The van der Waals surface area contributed by atoms with Gasteiger partial charge in [0.2, 0.25) is 0 Å². The number of anilines is 2. The van der Waals surface area contributed by atoms with Crippen molar-refractivity contribution in [1.29, 1.82) is 0 Å². The number of imidazole rings is 1. The highest BCUT2D eigenvalue weighted by atomic mass is 16.5. The van der Waals surface area contributed by atoms with Crippen LogP contribution in [0.15, 0.2) is 67.1 Å². The van der Waals surface area contributed by atoms with Gasteiger partial charge in [-0.05, 0) is 57.2 Å². The number of aromatic nitrogens is 5. The van der Waals surface area contributed by atoms with Crippen LogP contribution in [0.3, 0.4) is 0 Å². The molecule has 10 nitrogen and oxygen atoms in total. The summed E-state index contributed by atoms with van der Waals surface area (Å²) in [7, 11) is 0. The number of nitrogens with zero attached hydrogens (tertiary/aromatic N) is 7. The number of hydrogen-bond donors (Lipinski definition) is 1. The Morgan fingerprint density at radius 3 is 2.46 bits per heavy atom. The van der Waals surface area contributed by atoms with Crippen LogP contribution in [0, 0.1) is 0 Å². The fraction of sp³-hybridized carbons (Fsp3) is 0.258. The summed E-state index contributed by atoms with van der Waals surface area (Å²) < 4.78 is 7.57. The Kier molecular flexibility index (Phi) is 6.84. The highest BCUT2D eigenvalue weighted by Crippen LogP contribution is 2.29. The van der Waals surface area contributed by atoms with Crippen LogP contribution in [0.25, 0.3) is 40.0 Å². The molecule has 6 rings (SSSR count). The zero-order valence-electron chi connectivity index (χ0n) is 23.2. The van der Waals surface area contributed by atoms with E-state index in [1.807, 2.05) is 86.1 Å². The van der Waals surface area contributed by atoms with E-state index in [2.05, 4.69) is 16.0 Å². The molecule has 208 valence electrons. The first-order valence-corrected chi connectivity index (χ1v) is 13.5. The molecule has 1 saturated heterocycles. The Labute approximate surface area is 237 Å². The van der Waals surface area contributed by atoms with E-state index in [1.54, 1.807) is 12.3 Å². The molecule has 5 aromatic rings. The summed E-state index contributed by atoms with van der Waals surface area (Å²) in [5.74, 6) is 1.15. The van der Waals surface area contributed by atoms with Gasteiger partial charge in [0.15, 0.2) is 11.5 Å². The van der Waals surface area contributed by atoms with Crippen LogP contribution in [0.4, 0.5) is 16.4 Å². The van der Waals surface area contributed by atoms with E-state index in [9.17, 15) is 9.90 Å². The van der Waals surface area contributed by atoms with E-state index in [-0.39, 0.29) is 0 Å². The standard InChI is InChI=1S/C31H31N7O3/c1-31(2,3)38(30(39)40)27-13-9-22(18-32-27)26-19-33-28(36-14-16-41-17-15-36)29-35-24(20-37(26)29)12-11-23-10-8-21-6-4-5-7-25(21)34-23/h4-13,18-20H,14-17H2,1-3H3,(H,39,40). The highest BCUT2D eigenvalue weighted by molar-refractivity contribution is 5.86. The maximum Gasteiger partial charge on any atom is 0.413 e. The molecule has 1 amide bonds. The fourth-order valence-corrected chi connectivity index (χ4v) is 5.02. The number of para-hydroxylation sites is 1. The van der Waals surface area contributed by atoms with Gasteiger partial charge in [0.25, 0.3) is 0 Å². The Bertz CT molecular complexity index is 1750. The molecular weight excluding hydrogens is 518 g/mol. The van der Waals surface area contributed by atoms with Crippen molar-refractivity contribution in [2.75, 3.05) is 36.1 Å². The Morgan fingerprint density at radius 2 is 1.73 bits per heavy atom. The number of fused-ring (bicyclic) bond motifs is 2. The first-order chi connectivity index (χ1) is 19.8. The van der Waals surface area contributed by atoms with Gasteiger partial charge in [-0.3, -0.25) is 9.30 Å². The van der Waals surface area contributed by atoms with Gasteiger partial charge in [-0.25, -0.2) is 24.7 Å². The lowest BCUT2D eigenvalue weighted by Crippen LogP contribution is -2.45. The minimum atomic E-state index is -1.05. The maximum atomic E-state index is 11.9. The molecule has 0 spiro atoms. The van der Waals surface area contributed by atoms with Gasteiger partial charge in [-0.2, -0.15) is 0 Å². The minimum absolute atomic E-state index is 0.361. The van der Waals surface area contributed by atoms with Crippen LogP contribution < -0.4 is 9.80 Å². The molecule has 1 aliphatic rings. The molecule has 41 heavy (non-hydrogen) atoms. The predicted octanol–water partition coefficient (Wildman–Crippen LogP) is 5.63. The second-order valence-corrected chi connectivity index (χ2v) is 10.9. The van der Waals surface area contributed by atoms with Crippen LogP contribution in [-0.4, -0.2) is 67.4 Å². The normalized spacial score (nSPS) is 14.3. The van der Waals surface area contributed by atoms with Crippen molar-refractivity contribution in [3.8, 4) is 11.3 Å². The highest BCUT2D eigenvalue weighted by Gasteiger charge is 2.29. The molecule has 0 saturated carbocycles. The van der Waals surface area contributed by atoms with Crippen LogP contribution in [0.1, 0.15) is 32.2 Å². The third-order valence-electron chi connectivity index (χ3n) is 6.98. The number of rotatable bonds is 5. The summed E-state index contributed by atoms with van der Waals surface area (Å²) in [6.07, 6.45) is 8.32. The molecular formula is C31H31N7O3. The Balaban J connectivity index is 1.40. The number of benzene rings is 1. The summed E-state index contributed by atoms with van der Waals surface area (Å²) in [4.78, 5) is 34.4. The second kappa shape index (κ2) is 10.6. The molecule has 0 bridgehead atoms. The van der Waals surface area contributed by atoms with Crippen molar-refractivity contribution in [1.82, 2.24) is 24.3 Å². The van der Waals surface area contributed by atoms with Gasteiger partial charge < -0.3 is 14.7 Å². The van der Waals surface area contributed by atoms with Gasteiger partial charge >= 0.3 is 6.09 Å². The predicted molar refractivity (Wildman–Crippen MR) is 160 cm³/mol. The average Bonchev–Trinajstić information content (AvgIpc) is 3.40. The van der Waals surface area contributed by atoms with Crippen LogP contribution in [-0.2, 0) is 4.74 Å². The van der Waals surface area contributed by atoms with E-state index in [0.717, 1.165) is 58.1 Å². The van der Waals surface area contributed by atoms with Gasteiger partial charge in [-0.15, -0.1) is 0 Å². The summed E-state index contributed by atoms with van der Waals surface area (Å²) in [6, 6.07) is 15.7. The van der Waals surface area contributed by atoms with E-state index in [1.165, 1.54) is 4.90 Å². The van der Waals surface area contributed by atoms with Crippen LogP contribution >= 0.6 is 0 Å². The summed E-state index contributed by atoms with van der Waals surface area (Å²) in [5, 5.41) is 10.9. The van der Waals surface area contributed by atoms with Crippen molar-refractivity contribution >= 4 is 46.4 Å². The molecule has 0 aliphatic carbocycles. The van der Waals surface area contributed by atoms with Crippen molar-refractivity contribution in [3.63, 3.8) is 0 Å². The molecule has 0 atom stereocenters. The van der Waals surface area contributed by atoms with Crippen molar-refractivity contribution in [2.24, 2.45) is 0 Å². The maximum absolute atomic E-state index is 11.9. The zero-order valence-corrected chi connectivity index (χ0v) is 23.2. The number of ether oxygens (including phenoxy) is 1. The molecule has 10 heteroatoms. The number of hydrogen-bond acceptors (Lipinski definition) is 7. The number of carboxylic acid groups (broad SMARTS) is 1. The SMILES string of the molecule is CC(C)(C)N(C(=O)O)c1ccc(-c2cnc(N3CCOCC3)c3nc(C=Cc4ccc5ccccc5n4)cn23)cn1. The third kappa shape index (κ3) is 5.33. The molecule has 1 fully saturated rings. The molecule has 4 aromatic heterocycles. The van der Waals surface area contributed by atoms with E-state index in [0.29, 0.717) is 19.0 Å². The largest absolute Gasteiger partial charge is 0.465 e. The van der Waals surface area contributed by atoms with Gasteiger partial charge in [0, 0.05) is 42.0 Å². The molecule has 1 aromatic carbocycles. The van der Waals surface area contributed by atoms with E-state index in [4.69, 9.17) is 19.7 Å².